The molecule has 1 aliphatic carbocycles. The van der Waals surface area contributed by atoms with E-state index in [0.29, 0.717) is 30.4 Å². The maximum Gasteiger partial charge on any atom is 0.402 e. The van der Waals surface area contributed by atoms with Gasteiger partial charge in [-0.3, -0.25) is 4.79 Å². The molecule has 1 aliphatic rings. The Hall–Kier alpha value is -1.41. The fourth-order valence-corrected chi connectivity index (χ4v) is 3.12. The highest BCUT2D eigenvalue weighted by atomic mass is 32.2. The van der Waals surface area contributed by atoms with Crippen molar-refractivity contribution in [1.29, 1.82) is 0 Å². The Morgan fingerprint density at radius 3 is 2.55 bits per heavy atom. The third-order valence-electron chi connectivity index (χ3n) is 3.00. The predicted octanol–water partition coefficient (Wildman–Crippen LogP) is 2.05. The summed E-state index contributed by atoms with van der Waals surface area (Å²) in [5.41, 5.74) is 1.02. The lowest BCUT2D eigenvalue weighted by atomic mass is 9.91. The summed E-state index contributed by atoms with van der Waals surface area (Å²) >= 11 is 0. The van der Waals surface area contributed by atoms with E-state index in [-0.39, 0.29) is 10.7 Å². The van der Waals surface area contributed by atoms with Crippen molar-refractivity contribution in [2.75, 3.05) is 6.54 Å². The minimum absolute atomic E-state index is 0.0709. The van der Waals surface area contributed by atoms with Crippen LogP contribution in [0.3, 0.4) is 0 Å². The molecule has 0 unspecified atom stereocenters. The van der Waals surface area contributed by atoms with Crippen LogP contribution in [0.1, 0.15) is 28.8 Å². The lowest BCUT2D eigenvalue weighted by Gasteiger charge is -2.16. The van der Waals surface area contributed by atoms with Crippen LogP contribution >= 0.6 is 0 Å². The molecular weight excluding hydrogens is 295 g/mol. The lowest BCUT2D eigenvalue weighted by molar-refractivity contribution is -0.121. The van der Waals surface area contributed by atoms with Crippen molar-refractivity contribution in [2.45, 2.75) is 30.3 Å². The van der Waals surface area contributed by atoms with Crippen molar-refractivity contribution in [3.05, 3.63) is 29.3 Å². The molecule has 8 heteroatoms. The molecule has 0 heterocycles. The summed E-state index contributed by atoms with van der Waals surface area (Å²) in [4.78, 5) is 11.3. The number of aryl methyl sites for hydroxylation is 1. The van der Waals surface area contributed by atoms with E-state index >= 15 is 0 Å². The molecule has 1 aromatic carbocycles. The molecule has 20 heavy (non-hydrogen) atoms. The zero-order chi connectivity index (χ0) is 15.0. The first kappa shape index (κ1) is 15.0. The second-order valence-electron chi connectivity index (χ2n) is 4.54. The van der Waals surface area contributed by atoms with E-state index in [1.54, 1.807) is 0 Å². The van der Waals surface area contributed by atoms with Gasteiger partial charge in [-0.25, -0.2) is 13.1 Å². The standard InChI is InChI=1S/C12H12F3NO3S/c13-12(14,15)7-16-20(18,19)9-4-5-10-8(6-9)2-1-3-11(10)17/h4-6,16H,1-3,7H2. The van der Waals surface area contributed by atoms with Crippen molar-refractivity contribution in [2.24, 2.45) is 0 Å². The molecular formula is C12H12F3NO3S. The number of hydrogen-bond acceptors (Lipinski definition) is 3. The number of ketones is 1. The van der Waals surface area contributed by atoms with Gasteiger partial charge in [-0.1, -0.05) is 0 Å². The summed E-state index contributed by atoms with van der Waals surface area (Å²) in [5, 5.41) is 0. The van der Waals surface area contributed by atoms with Gasteiger partial charge in [-0.05, 0) is 36.6 Å². The Morgan fingerprint density at radius 2 is 1.90 bits per heavy atom. The monoisotopic (exact) mass is 307 g/mol. The third-order valence-corrected chi connectivity index (χ3v) is 4.40. The van der Waals surface area contributed by atoms with Crippen molar-refractivity contribution < 1.29 is 26.4 Å². The van der Waals surface area contributed by atoms with Crippen LogP contribution in [-0.4, -0.2) is 26.9 Å². The molecule has 0 radical (unpaired) electrons. The zero-order valence-corrected chi connectivity index (χ0v) is 11.1. The van der Waals surface area contributed by atoms with Crippen molar-refractivity contribution >= 4 is 15.8 Å². The molecule has 0 bridgehead atoms. The highest BCUT2D eigenvalue weighted by molar-refractivity contribution is 7.89. The van der Waals surface area contributed by atoms with Gasteiger partial charge in [0.25, 0.3) is 0 Å². The second kappa shape index (κ2) is 5.17. The number of alkyl halides is 3. The predicted molar refractivity (Wildman–Crippen MR) is 65.0 cm³/mol. The molecule has 0 atom stereocenters. The molecule has 110 valence electrons. The van der Waals surface area contributed by atoms with Gasteiger partial charge >= 0.3 is 6.18 Å². The molecule has 4 nitrogen and oxygen atoms in total. The molecule has 2 rings (SSSR count). The number of fused-ring (bicyclic) bond motifs is 1. The van der Waals surface area contributed by atoms with Crippen molar-refractivity contribution in [3.8, 4) is 0 Å². The van der Waals surface area contributed by atoms with E-state index < -0.39 is 22.7 Å². The van der Waals surface area contributed by atoms with Gasteiger partial charge < -0.3 is 0 Å². The zero-order valence-electron chi connectivity index (χ0n) is 10.3. The fraction of sp³-hybridized carbons (Fsp3) is 0.417. The summed E-state index contributed by atoms with van der Waals surface area (Å²) < 4.78 is 61.2. The first-order valence-electron chi connectivity index (χ1n) is 5.91. The summed E-state index contributed by atoms with van der Waals surface area (Å²) in [6, 6.07) is 3.78. The number of benzene rings is 1. The Labute approximate surface area is 114 Å². The quantitative estimate of drug-likeness (QED) is 0.929. The van der Waals surface area contributed by atoms with Crippen LogP contribution in [0, 0.1) is 0 Å². The highest BCUT2D eigenvalue weighted by Gasteiger charge is 2.30. The van der Waals surface area contributed by atoms with Crippen molar-refractivity contribution in [1.82, 2.24) is 4.72 Å². The van der Waals surface area contributed by atoms with Gasteiger partial charge in [0.1, 0.15) is 6.54 Å². The Kier molecular flexibility index (Phi) is 3.88. The first-order valence-corrected chi connectivity index (χ1v) is 7.40. The van der Waals surface area contributed by atoms with Gasteiger partial charge in [0.15, 0.2) is 5.78 Å². The van der Waals surface area contributed by atoms with Gasteiger partial charge in [0.2, 0.25) is 10.0 Å². The molecule has 0 spiro atoms. The fourth-order valence-electron chi connectivity index (χ4n) is 2.05. The van der Waals surface area contributed by atoms with E-state index in [0.717, 1.165) is 6.07 Å². The maximum absolute atomic E-state index is 12.1. The number of carbonyl (C=O) groups excluding carboxylic acids is 1. The van der Waals surface area contributed by atoms with E-state index in [9.17, 15) is 26.4 Å². The summed E-state index contributed by atoms with van der Waals surface area (Å²) in [6.07, 6.45) is -3.04. The van der Waals surface area contributed by atoms with Crippen LogP contribution in [-0.2, 0) is 16.4 Å². The lowest BCUT2D eigenvalue weighted by Crippen LogP contribution is -2.33. The van der Waals surface area contributed by atoms with Gasteiger partial charge in [0.05, 0.1) is 4.90 Å². The maximum atomic E-state index is 12.1. The molecule has 0 aliphatic heterocycles. The molecule has 1 aromatic rings. The number of nitrogens with one attached hydrogen (secondary N) is 1. The summed E-state index contributed by atoms with van der Waals surface area (Å²) in [7, 11) is -4.23. The second-order valence-corrected chi connectivity index (χ2v) is 6.30. The van der Waals surface area contributed by atoms with Crippen LogP contribution in [0.25, 0.3) is 0 Å². The molecule has 0 saturated heterocycles. The number of halogens is 3. The molecule has 0 amide bonds. The average Bonchev–Trinajstić information content (AvgIpc) is 2.36. The number of rotatable bonds is 3. The van der Waals surface area contributed by atoms with Crippen molar-refractivity contribution in [3.63, 3.8) is 0 Å². The normalized spacial score (nSPS) is 16.1. The highest BCUT2D eigenvalue weighted by Crippen LogP contribution is 2.24. The SMILES string of the molecule is O=C1CCCc2cc(S(=O)(=O)NCC(F)(F)F)ccc21. The van der Waals surface area contributed by atoms with Gasteiger partial charge in [-0.15, -0.1) is 0 Å². The molecule has 0 aromatic heterocycles. The minimum atomic E-state index is -4.61. The molecule has 0 saturated carbocycles. The number of carbonyl (C=O) groups is 1. The average molecular weight is 307 g/mol. The Bertz CT molecular complexity index is 638. The van der Waals surface area contributed by atoms with E-state index in [2.05, 4.69) is 0 Å². The van der Waals surface area contributed by atoms with Crippen LogP contribution in [0.15, 0.2) is 23.1 Å². The van der Waals surface area contributed by atoms with Crippen LogP contribution in [0.5, 0.6) is 0 Å². The number of hydrogen-bond donors (Lipinski definition) is 1. The number of Topliss-reactive ketones (excluding diaryl/α,β-unsaturated/α-hetero) is 1. The third kappa shape index (κ3) is 3.37. The van der Waals surface area contributed by atoms with Gasteiger partial charge in [-0.2, -0.15) is 13.2 Å². The Balaban J connectivity index is 2.27. The summed E-state index contributed by atoms with van der Waals surface area (Å²) in [6.45, 7) is -1.62. The Morgan fingerprint density at radius 1 is 1.20 bits per heavy atom. The van der Waals surface area contributed by atoms with Crippen LogP contribution in [0.4, 0.5) is 13.2 Å². The topological polar surface area (TPSA) is 63.2 Å². The minimum Gasteiger partial charge on any atom is -0.294 e. The van der Waals surface area contributed by atoms with Gasteiger partial charge in [0, 0.05) is 12.0 Å². The molecule has 1 N–H and O–H groups in total. The largest absolute Gasteiger partial charge is 0.402 e. The van der Waals surface area contributed by atoms with Crippen LogP contribution in [0.2, 0.25) is 0 Å². The van der Waals surface area contributed by atoms with E-state index in [4.69, 9.17) is 0 Å². The van der Waals surface area contributed by atoms with E-state index in [1.807, 2.05) is 0 Å². The smallest absolute Gasteiger partial charge is 0.294 e. The molecule has 0 fully saturated rings. The summed E-state index contributed by atoms with van der Waals surface area (Å²) in [5.74, 6) is -0.0709. The van der Waals surface area contributed by atoms with Crippen LogP contribution < -0.4 is 4.72 Å². The first-order chi connectivity index (χ1) is 9.19. The van der Waals surface area contributed by atoms with E-state index in [1.165, 1.54) is 16.9 Å². The number of sulfonamides is 1.